The number of nitrogens with zero attached hydrogens (tertiary/aromatic N) is 2. The lowest BCUT2D eigenvalue weighted by Gasteiger charge is -2.40. The molecule has 1 aliphatic heterocycles. The fourth-order valence-corrected chi connectivity index (χ4v) is 2.48. The van der Waals surface area contributed by atoms with Crippen LogP contribution in [0.4, 0.5) is 0 Å². The molecule has 1 heterocycles. The summed E-state index contributed by atoms with van der Waals surface area (Å²) in [5.41, 5.74) is 6.11. The smallest absolute Gasteiger partial charge is 0.0219 e. The Hall–Kier alpha value is -0.120. The molecule has 1 fully saturated rings. The van der Waals surface area contributed by atoms with Gasteiger partial charge in [-0.15, -0.1) is 0 Å². The molecule has 0 aromatic rings. The zero-order valence-corrected chi connectivity index (χ0v) is 11.4. The molecule has 0 aromatic heterocycles. The third kappa shape index (κ3) is 4.04. The van der Waals surface area contributed by atoms with Gasteiger partial charge in [-0.05, 0) is 19.3 Å². The van der Waals surface area contributed by atoms with E-state index in [9.17, 15) is 0 Å². The van der Waals surface area contributed by atoms with Gasteiger partial charge in [-0.25, -0.2) is 0 Å². The Morgan fingerprint density at radius 3 is 2.06 bits per heavy atom. The molecular weight excluding hydrogens is 198 g/mol. The Kier molecular flexibility index (Phi) is 5.73. The molecule has 3 nitrogen and oxygen atoms in total. The minimum Gasteiger partial charge on any atom is -0.326 e. The lowest BCUT2D eigenvalue weighted by molar-refractivity contribution is 0.0847. The van der Waals surface area contributed by atoms with Crippen molar-refractivity contribution in [2.75, 3.05) is 32.7 Å². The maximum absolute atomic E-state index is 6.11. The average molecular weight is 227 g/mol. The molecule has 0 aromatic carbocycles. The van der Waals surface area contributed by atoms with Crippen molar-refractivity contribution in [2.45, 2.75) is 46.2 Å². The summed E-state index contributed by atoms with van der Waals surface area (Å²) >= 11 is 0. The van der Waals surface area contributed by atoms with E-state index in [1.54, 1.807) is 0 Å². The molecule has 0 bridgehead atoms. The minimum absolute atomic E-state index is 0.330. The fraction of sp³-hybridized carbons (Fsp3) is 1.00. The summed E-state index contributed by atoms with van der Waals surface area (Å²) in [6, 6.07) is 0.864. The standard InChI is InChI=1S/C13H29N3/c1-5-13(14)12(4)16-8-6-15(7-9-16)10-11(2)3/h11-13H,5-10,14H2,1-4H3. The first kappa shape index (κ1) is 13.9. The molecule has 96 valence electrons. The van der Waals surface area contributed by atoms with Crippen LogP contribution in [0.15, 0.2) is 0 Å². The van der Waals surface area contributed by atoms with Crippen LogP contribution >= 0.6 is 0 Å². The van der Waals surface area contributed by atoms with Crippen molar-refractivity contribution in [3.8, 4) is 0 Å². The van der Waals surface area contributed by atoms with Crippen LogP contribution < -0.4 is 5.73 Å². The van der Waals surface area contributed by atoms with Crippen molar-refractivity contribution in [1.29, 1.82) is 0 Å². The van der Waals surface area contributed by atoms with Crippen molar-refractivity contribution >= 4 is 0 Å². The van der Waals surface area contributed by atoms with E-state index in [1.165, 1.54) is 32.7 Å². The van der Waals surface area contributed by atoms with Gasteiger partial charge >= 0.3 is 0 Å². The zero-order chi connectivity index (χ0) is 12.1. The maximum atomic E-state index is 6.11. The molecule has 1 saturated heterocycles. The zero-order valence-electron chi connectivity index (χ0n) is 11.4. The van der Waals surface area contributed by atoms with E-state index >= 15 is 0 Å². The Balaban J connectivity index is 2.31. The highest BCUT2D eigenvalue weighted by Gasteiger charge is 2.24. The largest absolute Gasteiger partial charge is 0.326 e. The molecule has 2 N–H and O–H groups in total. The van der Waals surface area contributed by atoms with Gasteiger partial charge in [-0.2, -0.15) is 0 Å². The first-order valence-electron chi connectivity index (χ1n) is 6.76. The molecule has 3 heteroatoms. The molecular formula is C13H29N3. The second-order valence-electron chi connectivity index (χ2n) is 5.54. The summed E-state index contributed by atoms with van der Waals surface area (Å²) in [6.07, 6.45) is 1.08. The molecule has 0 amide bonds. The van der Waals surface area contributed by atoms with Gasteiger partial charge in [0.15, 0.2) is 0 Å². The molecule has 1 rings (SSSR count). The lowest BCUT2D eigenvalue weighted by Crippen LogP contribution is -2.54. The van der Waals surface area contributed by atoms with Crippen LogP contribution in [0, 0.1) is 5.92 Å². The fourth-order valence-electron chi connectivity index (χ4n) is 2.48. The normalized spacial score (nSPS) is 23.6. The van der Waals surface area contributed by atoms with Gasteiger partial charge < -0.3 is 10.6 Å². The van der Waals surface area contributed by atoms with Crippen molar-refractivity contribution in [3.63, 3.8) is 0 Å². The summed E-state index contributed by atoms with van der Waals surface area (Å²) in [6.45, 7) is 15.1. The first-order chi connectivity index (χ1) is 7.54. The number of hydrogen-bond acceptors (Lipinski definition) is 3. The molecule has 0 saturated carbocycles. The van der Waals surface area contributed by atoms with E-state index in [0.29, 0.717) is 12.1 Å². The van der Waals surface area contributed by atoms with Crippen molar-refractivity contribution in [1.82, 2.24) is 9.80 Å². The Morgan fingerprint density at radius 1 is 1.06 bits per heavy atom. The highest BCUT2D eigenvalue weighted by atomic mass is 15.3. The Morgan fingerprint density at radius 2 is 1.62 bits per heavy atom. The molecule has 1 aliphatic rings. The predicted molar refractivity (Wildman–Crippen MR) is 70.6 cm³/mol. The van der Waals surface area contributed by atoms with Crippen molar-refractivity contribution < 1.29 is 0 Å². The quantitative estimate of drug-likeness (QED) is 0.770. The second-order valence-corrected chi connectivity index (χ2v) is 5.54. The van der Waals surface area contributed by atoms with E-state index in [1.807, 2.05) is 0 Å². The molecule has 2 unspecified atom stereocenters. The predicted octanol–water partition coefficient (Wildman–Crippen LogP) is 1.39. The van der Waals surface area contributed by atoms with Gasteiger partial charge in [-0.3, -0.25) is 4.90 Å². The van der Waals surface area contributed by atoms with Crippen LogP contribution in [0.25, 0.3) is 0 Å². The van der Waals surface area contributed by atoms with Gasteiger partial charge in [0.1, 0.15) is 0 Å². The second kappa shape index (κ2) is 6.58. The van der Waals surface area contributed by atoms with Gasteiger partial charge in [0, 0.05) is 44.8 Å². The topological polar surface area (TPSA) is 32.5 Å². The van der Waals surface area contributed by atoms with Crippen molar-refractivity contribution in [2.24, 2.45) is 11.7 Å². The van der Waals surface area contributed by atoms with Crippen LogP contribution in [-0.4, -0.2) is 54.6 Å². The number of piperazine rings is 1. The molecule has 16 heavy (non-hydrogen) atoms. The number of nitrogens with two attached hydrogens (primary N) is 1. The monoisotopic (exact) mass is 227 g/mol. The summed E-state index contributed by atoms with van der Waals surface area (Å²) in [7, 11) is 0. The molecule has 0 aliphatic carbocycles. The van der Waals surface area contributed by atoms with Crippen LogP contribution in [0.2, 0.25) is 0 Å². The average Bonchev–Trinajstić information content (AvgIpc) is 2.27. The summed E-state index contributed by atoms with van der Waals surface area (Å²) in [4.78, 5) is 5.12. The Bertz CT molecular complexity index is 186. The summed E-state index contributed by atoms with van der Waals surface area (Å²) in [5, 5.41) is 0. The maximum Gasteiger partial charge on any atom is 0.0219 e. The van der Waals surface area contributed by atoms with E-state index < -0.39 is 0 Å². The SMILES string of the molecule is CCC(N)C(C)N1CCN(CC(C)C)CC1. The van der Waals surface area contributed by atoms with Crippen LogP contribution in [0.1, 0.15) is 34.1 Å². The number of hydrogen-bond donors (Lipinski definition) is 1. The Labute approximate surface area is 101 Å². The van der Waals surface area contributed by atoms with E-state index in [-0.39, 0.29) is 0 Å². The third-order valence-electron chi connectivity index (χ3n) is 3.70. The van der Waals surface area contributed by atoms with Gasteiger partial charge in [0.2, 0.25) is 0 Å². The summed E-state index contributed by atoms with van der Waals surface area (Å²) in [5.74, 6) is 0.780. The molecule has 0 radical (unpaired) electrons. The minimum atomic E-state index is 0.330. The van der Waals surface area contributed by atoms with Gasteiger partial charge in [-0.1, -0.05) is 20.8 Å². The van der Waals surface area contributed by atoms with E-state index in [4.69, 9.17) is 5.73 Å². The number of rotatable bonds is 5. The van der Waals surface area contributed by atoms with Crippen molar-refractivity contribution in [3.05, 3.63) is 0 Å². The van der Waals surface area contributed by atoms with Gasteiger partial charge in [0.25, 0.3) is 0 Å². The van der Waals surface area contributed by atoms with E-state index in [0.717, 1.165) is 12.3 Å². The highest BCUT2D eigenvalue weighted by molar-refractivity contribution is 4.82. The first-order valence-corrected chi connectivity index (χ1v) is 6.76. The summed E-state index contributed by atoms with van der Waals surface area (Å²) < 4.78 is 0. The molecule has 0 spiro atoms. The van der Waals surface area contributed by atoms with Gasteiger partial charge in [0.05, 0.1) is 0 Å². The third-order valence-corrected chi connectivity index (χ3v) is 3.70. The lowest BCUT2D eigenvalue weighted by atomic mass is 10.1. The van der Waals surface area contributed by atoms with Crippen LogP contribution in [0.5, 0.6) is 0 Å². The van der Waals surface area contributed by atoms with Crippen LogP contribution in [0.3, 0.4) is 0 Å². The van der Waals surface area contributed by atoms with Crippen LogP contribution in [-0.2, 0) is 0 Å². The molecule has 2 atom stereocenters. The van der Waals surface area contributed by atoms with E-state index in [2.05, 4.69) is 37.5 Å². The highest BCUT2D eigenvalue weighted by Crippen LogP contribution is 2.11.